The van der Waals surface area contributed by atoms with Gasteiger partial charge in [0.05, 0.1) is 16.6 Å². The van der Waals surface area contributed by atoms with E-state index in [-0.39, 0.29) is 0 Å². The Kier molecular flexibility index (Phi) is 9.56. The molecule has 21 rings (SSSR count). The van der Waals surface area contributed by atoms with E-state index >= 15 is 0 Å². The summed E-state index contributed by atoms with van der Waals surface area (Å²) in [6.45, 7) is 7.82. The number of para-hydroxylation sites is 6. The molecule has 6 heteroatoms. The molecule has 3 aromatic heterocycles. The van der Waals surface area contributed by atoms with Crippen LogP contribution in [0.25, 0.3) is 82.5 Å². The van der Waals surface area contributed by atoms with Crippen molar-refractivity contribution in [1.29, 1.82) is 0 Å². The maximum atomic E-state index is 2.52. The number of hydrogen-bond donors (Lipinski definition) is 0. The minimum atomic E-state index is 0.329. The van der Waals surface area contributed by atoms with Crippen molar-refractivity contribution < 1.29 is 0 Å². The Morgan fingerprint density at radius 3 is 1.37 bits per heavy atom. The molecule has 6 aliphatic rings. The number of nitrogens with zero attached hydrogens (tertiary/aromatic N) is 3. The molecule has 0 saturated heterocycles. The van der Waals surface area contributed by atoms with Gasteiger partial charge in [-0.25, -0.2) is 0 Å². The summed E-state index contributed by atoms with van der Waals surface area (Å²) < 4.78 is 7.55. The number of hydrogen-bond acceptors (Lipinski definition) is 0. The molecule has 84 heavy (non-hydrogen) atoms. The molecule has 0 spiro atoms. The van der Waals surface area contributed by atoms with Gasteiger partial charge in [-0.05, 0) is 165 Å². The van der Waals surface area contributed by atoms with Gasteiger partial charge in [0.1, 0.15) is 0 Å². The molecule has 0 fully saturated rings. The highest BCUT2D eigenvalue weighted by molar-refractivity contribution is 7.00. The smallest absolute Gasteiger partial charge is 0.247 e. The SMILES string of the molecule is Cc1cc2c3c4c1c1ccccc1n4-c1ccccc1B3c1ccccc1C2.Cc1cc2c3ccccc3n3c2c2c1Cc1ccccc1B2c1ccccc1-3.Cc1cccc2c1Cc1ccc3c4ccccc4n4c3c1B2c1ccccc1-4. The highest BCUT2D eigenvalue weighted by Crippen LogP contribution is 2.40. The van der Waals surface area contributed by atoms with E-state index in [1.54, 1.807) is 0 Å². The fourth-order valence-electron chi connectivity index (χ4n) is 17.2. The largest absolute Gasteiger partial charge is 0.310 e. The minimum Gasteiger partial charge on any atom is -0.310 e. The van der Waals surface area contributed by atoms with Crippen molar-refractivity contribution in [2.24, 2.45) is 0 Å². The normalized spacial score (nSPS) is 13.7. The molecule has 0 radical (unpaired) electrons. The number of fused-ring (bicyclic) bond motifs is 24. The molecule has 0 atom stereocenters. The van der Waals surface area contributed by atoms with E-state index in [0.717, 1.165) is 19.3 Å². The van der Waals surface area contributed by atoms with Gasteiger partial charge < -0.3 is 13.7 Å². The van der Waals surface area contributed by atoms with Gasteiger partial charge in [-0.3, -0.25) is 0 Å². The van der Waals surface area contributed by atoms with Gasteiger partial charge in [0, 0.05) is 65.9 Å². The van der Waals surface area contributed by atoms with Crippen molar-refractivity contribution in [2.45, 2.75) is 40.0 Å². The molecule has 0 saturated carbocycles. The van der Waals surface area contributed by atoms with Crippen molar-refractivity contribution >= 4 is 135 Å². The summed E-state index contributed by atoms with van der Waals surface area (Å²) in [4.78, 5) is 0. The van der Waals surface area contributed by atoms with Gasteiger partial charge in [-0.2, -0.15) is 0 Å². The minimum absolute atomic E-state index is 0.329. The Morgan fingerprint density at radius 2 is 0.726 bits per heavy atom. The zero-order valence-electron chi connectivity index (χ0n) is 47.2. The summed E-state index contributed by atoms with van der Waals surface area (Å²) in [5.41, 5.74) is 38.7. The highest BCUT2D eigenvalue weighted by atomic mass is 15.0. The second kappa shape index (κ2) is 17.2. The van der Waals surface area contributed by atoms with Crippen molar-refractivity contribution in [3.8, 4) is 17.1 Å². The monoisotopic (exact) mass is 1070 g/mol. The lowest BCUT2D eigenvalue weighted by Crippen LogP contribution is -2.60. The van der Waals surface area contributed by atoms with E-state index in [2.05, 4.69) is 271 Å². The summed E-state index contributed by atoms with van der Waals surface area (Å²) >= 11 is 0. The van der Waals surface area contributed by atoms with Gasteiger partial charge in [-0.1, -0.05) is 211 Å². The number of aromatic nitrogens is 3. The van der Waals surface area contributed by atoms with E-state index in [4.69, 9.17) is 0 Å². The van der Waals surface area contributed by atoms with E-state index < -0.39 is 0 Å². The average molecular weight is 1070 g/mol. The average Bonchev–Trinajstić information content (AvgIpc) is 2.33. The van der Waals surface area contributed by atoms with Crippen molar-refractivity contribution in [3.05, 3.63) is 287 Å². The molecule has 390 valence electrons. The predicted molar refractivity (Wildman–Crippen MR) is 358 cm³/mol. The Hall–Kier alpha value is -9.77. The van der Waals surface area contributed by atoms with Crippen LogP contribution in [0.3, 0.4) is 0 Å². The molecule has 0 aliphatic carbocycles. The summed E-state index contributed by atoms with van der Waals surface area (Å²) in [5, 5.41) is 8.28. The van der Waals surface area contributed by atoms with Crippen molar-refractivity contribution in [1.82, 2.24) is 13.7 Å². The van der Waals surface area contributed by atoms with Gasteiger partial charge in [0.25, 0.3) is 0 Å². The Morgan fingerprint density at radius 1 is 0.274 bits per heavy atom. The third-order valence-corrected chi connectivity index (χ3v) is 20.5. The first-order valence-electron chi connectivity index (χ1n) is 30.2. The summed E-state index contributed by atoms with van der Waals surface area (Å²) in [6, 6.07) is 88.1. The lowest BCUT2D eigenvalue weighted by atomic mass is 9.32. The van der Waals surface area contributed by atoms with E-state index in [0.29, 0.717) is 20.1 Å². The Bertz CT molecular complexity index is 5430. The zero-order valence-corrected chi connectivity index (χ0v) is 47.2. The summed E-state index contributed by atoms with van der Waals surface area (Å²) in [6.07, 6.45) is 3.10. The molecule has 0 amide bonds. The molecule has 9 heterocycles. The van der Waals surface area contributed by atoms with E-state index in [1.807, 2.05) is 0 Å². The van der Waals surface area contributed by atoms with E-state index in [9.17, 15) is 0 Å². The number of rotatable bonds is 0. The lowest BCUT2D eigenvalue weighted by molar-refractivity contribution is 1.14. The first-order chi connectivity index (χ1) is 41.5. The van der Waals surface area contributed by atoms with Gasteiger partial charge in [0.15, 0.2) is 0 Å². The fourth-order valence-corrected chi connectivity index (χ4v) is 17.2. The first-order valence-corrected chi connectivity index (χ1v) is 30.2. The van der Waals surface area contributed by atoms with Crippen LogP contribution in [0.4, 0.5) is 0 Å². The number of aryl methyl sites for hydroxylation is 3. The van der Waals surface area contributed by atoms with Gasteiger partial charge >= 0.3 is 0 Å². The van der Waals surface area contributed by atoms with Crippen LogP contribution in [-0.2, 0) is 19.3 Å². The highest BCUT2D eigenvalue weighted by Gasteiger charge is 2.42. The molecule has 12 aromatic carbocycles. The summed E-state index contributed by atoms with van der Waals surface area (Å²) in [5.74, 6) is 0. The molecule has 3 nitrogen and oxygen atoms in total. The van der Waals surface area contributed by atoms with Crippen molar-refractivity contribution in [2.75, 3.05) is 0 Å². The molecular weight excluding hydrogens is 1010 g/mol. The van der Waals surface area contributed by atoms with Gasteiger partial charge in [0.2, 0.25) is 20.1 Å². The second-order valence-corrected chi connectivity index (χ2v) is 24.6. The molecule has 0 N–H and O–H groups in total. The van der Waals surface area contributed by atoms with Crippen LogP contribution in [0.5, 0.6) is 0 Å². The standard InChI is InChI=1S/3C26H18BN/c1-16-14-18-15-17-8-2-4-10-20(17)27-21-11-5-7-13-23(21)28-22-12-6-3-9-19(22)24(16)26(28)25(18)27;1-16-14-20-18-9-3-6-12-23(18)28-24-13-7-5-11-22(24)27-21-10-4-2-8-17(21)15-19(16)25(27)26(20)28;1-16-7-6-10-21-20(16)15-17-13-14-19-18-8-2-4-11-23(18)28-24-12-5-3-9-22(24)27(21)25(17)26(19)28/h3*2-14H,15H2,1H3. The third-order valence-electron chi connectivity index (χ3n) is 20.5. The van der Waals surface area contributed by atoms with Crippen LogP contribution in [0.1, 0.15) is 50.1 Å². The molecule has 0 unspecified atom stereocenters. The lowest BCUT2D eigenvalue weighted by Gasteiger charge is -2.34. The Balaban J connectivity index is 0.0000000929. The van der Waals surface area contributed by atoms with Crippen LogP contribution in [-0.4, -0.2) is 33.8 Å². The molecule has 6 aliphatic heterocycles. The van der Waals surface area contributed by atoms with Crippen LogP contribution in [0.15, 0.2) is 237 Å². The number of benzene rings is 12. The Labute approximate surface area is 489 Å². The van der Waals surface area contributed by atoms with Crippen molar-refractivity contribution in [3.63, 3.8) is 0 Å². The maximum Gasteiger partial charge on any atom is 0.247 e. The third kappa shape index (κ3) is 6.09. The summed E-state index contributed by atoms with van der Waals surface area (Å²) in [7, 11) is 0. The van der Waals surface area contributed by atoms with Crippen LogP contribution >= 0.6 is 0 Å². The molecule has 0 bridgehead atoms. The van der Waals surface area contributed by atoms with Gasteiger partial charge in [-0.15, -0.1) is 0 Å². The quantitative estimate of drug-likeness (QED) is 0.134. The second-order valence-electron chi connectivity index (χ2n) is 24.6. The topological polar surface area (TPSA) is 14.8 Å². The van der Waals surface area contributed by atoms with Crippen LogP contribution in [0, 0.1) is 20.8 Å². The van der Waals surface area contributed by atoms with Crippen LogP contribution in [0.2, 0.25) is 0 Å². The van der Waals surface area contributed by atoms with E-state index in [1.165, 1.54) is 182 Å². The van der Waals surface area contributed by atoms with Crippen LogP contribution < -0.4 is 49.2 Å². The predicted octanol–water partition coefficient (Wildman–Crippen LogP) is 11.5. The fraction of sp³-hybridized carbons (Fsp3) is 0.0769. The first kappa shape index (κ1) is 46.8. The maximum absolute atomic E-state index is 2.52. The molecular formula is C78H54B3N3. The zero-order chi connectivity index (χ0) is 55.2. The molecule has 15 aromatic rings.